The van der Waals surface area contributed by atoms with Crippen LogP contribution in [0.2, 0.25) is 5.02 Å². The third-order valence-electron chi connectivity index (χ3n) is 4.65. The van der Waals surface area contributed by atoms with Gasteiger partial charge in [-0.2, -0.15) is 0 Å². The molecule has 134 valence electrons. The van der Waals surface area contributed by atoms with Crippen molar-refractivity contribution in [1.82, 2.24) is 9.80 Å². The van der Waals surface area contributed by atoms with Gasteiger partial charge in [0.2, 0.25) is 5.91 Å². The van der Waals surface area contributed by atoms with Crippen molar-refractivity contribution in [2.75, 3.05) is 33.7 Å². The summed E-state index contributed by atoms with van der Waals surface area (Å²) in [6.07, 6.45) is 4.59. The molecule has 1 atom stereocenters. The van der Waals surface area contributed by atoms with Gasteiger partial charge in [-0.3, -0.25) is 4.79 Å². The quantitative estimate of drug-likeness (QED) is 0.856. The van der Waals surface area contributed by atoms with Crippen molar-refractivity contribution in [2.24, 2.45) is 0 Å². The van der Waals surface area contributed by atoms with Gasteiger partial charge in [0.15, 0.2) is 0 Å². The Morgan fingerprint density at radius 1 is 1.25 bits per heavy atom. The monoisotopic (exact) mass is 352 g/mol. The molecule has 1 fully saturated rings. The van der Waals surface area contributed by atoms with Gasteiger partial charge in [-0.25, -0.2) is 0 Å². The van der Waals surface area contributed by atoms with Crippen molar-refractivity contribution in [2.45, 2.75) is 44.1 Å². The summed E-state index contributed by atoms with van der Waals surface area (Å²) in [6.45, 7) is 2.07. The minimum Gasteiger partial charge on any atom is -0.388 e. The van der Waals surface area contributed by atoms with Crippen LogP contribution < -0.4 is 0 Å². The average Bonchev–Trinajstić information content (AvgIpc) is 2.70. The van der Waals surface area contributed by atoms with Gasteiger partial charge in [0.1, 0.15) is 0 Å². The van der Waals surface area contributed by atoms with Crippen LogP contribution in [0, 0.1) is 0 Å². The Hall–Kier alpha value is -1.10. The van der Waals surface area contributed by atoms with Gasteiger partial charge < -0.3 is 14.9 Å². The molecule has 1 aliphatic rings. The Bertz CT molecular complexity index is 533. The molecule has 0 radical (unpaired) electrons. The standard InChI is InChI=1S/C19H29ClN2O2/c1-21(2)15-19(24)11-4-13-22(14-12-19)18(23)6-3-5-16-7-9-17(20)10-8-16/h7-10,24H,3-6,11-15H2,1-2H3/t19-/m0/s1. The molecule has 0 spiro atoms. The van der Waals surface area contributed by atoms with Crippen LogP contribution in [0.4, 0.5) is 0 Å². The van der Waals surface area contributed by atoms with Crippen molar-refractivity contribution >= 4 is 17.5 Å². The number of likely N-dealkylation sites (tertiary alicyclic amines) is 1. The Labute approximate surface area is 150 Å². The van der Waals surface area contributed by atoms with Gasteiger partial charge in [-0.15, -0.1) is 0 Å². The van der Waals surface area contributed by atoms with Crippen molar-refractivity contribution in [3.05, 3.63) is 34.9 Å². The number of aryl methyl sites for hydroxylation is 1. The van der Waals surface area contributed by atoms with Crippen LogP contribution in [0.15, 0.2) is 24.3 Å². The molecule has 24 heavy (non-hydrogen) atoms. The van der Waals surface area contributed by atoms with E-state index in [9.17, 15) is 9.90 Å². The second-order valence-corrected chi connectivity index (χ2v) is 7.61. The van der Waals surface area contributed by atoms with Crippen LogP contribution in [-0.2, 0) is 11.2 Å². The number of rotatable bonds is 6. The van der Waals surface area contributed by atoms with E-state index in [-0.39, 0.29) is 5.91 Å². The minimum absolute atomic E-state index is 0.207. The number of halogens is 1. The fourth-order valence-electron chi connectivity index (χ4n) is 3.43. The summed E-state index contributed by atoms with van der Waals surface area (Å²) in [6, 6.07) is 7.80. The maximum Gasteiger partial charge on any atom is 0.222 e. The first-order chi connectivity index (χ1) is 11.4. The van der Waals surface area contributed by atoms with E-state index >= 15 is 0 Å². The van der Waals surface area contributed by atoms with Gasteiger partial charge in [0, 0.05) is 31.1 Å². The molecule has 0 aliphatic carbocycles. The van der Waals surface area contributed by atoms with Crippen LogP contribution in [0.5, 0.6) is 0 Å². The molecule has 0 saturated carbocycles. The first-order valence-electron chi connectivity index (χ1n) is 8.77. The molecule has 0 unspecified atom stereocenters. The minimum atomic E-state index is -0.665. The van der Waals surface area contributed by atoms with Crippen LogP contribution in [0.3, 0.4) is 0 Å². The number of amides is 1. The maximum absolute atomic E-state index is 12.4. The molecule has 0 aromatic heterocycles. The normalized spacial score (nSPS) is 21.8. The lowest BCUT2D eigenvalue weighted by Gasteiger charge is -2.30. The Kier molecular flexibility index (Phi) is 7.08. The van der Waals surface area contributed by atoms with Crippen molar-refractivity contribution in [3.63, 3.8) is 0 Å². The first-order valence-corrected chi connectivity index (χ1v) is 9.15. The van der Waals surface area contributed by atoms with Gasteiger partial charge in [-0.1, -0.05) is 23.7 Å². The summed E-state index contributed by atoms with van der Waals surface area (Å²) >= 11 is 5.88. The molecule has 1 aromatic rings. The molecule has 2 rings (SSSR count). The molecule has 4 nitrogen and oxygen atoms in total. The summed E-state index contributed by atoms with van der Waals surface area (Å²) in [5, 5.41) is 11.4. The van der Waals surface area contributed by atoms with Crippen molar-refractivity contribution < 1.29 is 9.90 Å². The van der Waals surface area contributed by atoms with Gasteiger partial charge in [0.05, 0.1) is 5.60 Å². The highest BCUT2D eigenvalue weighted by Gasteiger charge is 2.31. The van der Waals surface area contributed by atoms with E-state index in [4.69, 9.17) is 11.6 Å². The molecule has 1 N–H and O–H groups in total. The van der Waals surface area contributed by atoms with Crippen LogP contribution in [0.1, 0.15) is 37.7 Å². The van der Waals surface area contributed by atoms with E-state index in [2.05, 4.69) is 0 Å². The summed E-state index contributed by atoms with van der Waals surface area (Å²) in [5.41, 5.74) is 0.547. The lowest BCUT2D eigenvalue weighted by Crippen LogP contribution is -2.41. The van der Waals surface area contributed by atoms with E-state index in [0.29, 0.717) is 25.9 Å². The number of carbonyl (C=O) groups is 1. The van der Waals surface area contributed by atoms with Crippen LogP contribution >= 0.6 is 11.6 Å². The Balaban J connectivity index is 1.77. The smallest absolute Gasteiger partial charge is 0.222 e. The van der Waals surface area contributed by atoms with Gasteiger partial charge in [-0.05, 0) is 63.9 Å². The highest BCUT2D eigenvalue weighted by molar-refractivity contribution is 6.30. The number of hydrogen-bond donors (Lipinski definition) is 1. The molecule has 1 heterocycles. The molecule has 1 aromatic carbocycles. The van der Waals surface area contributed by atoms with Crippen LogP contribution in [0.25, 0.3) is 0 Å². The summed E-state index contributed by atoms with van der Waals surface area (Å²) in [7, 11) is 3.95. The molecule has 0 bridgehead atoms. The lowest BCUT2D eigenvalue weighted by molar-refractivity contribution is -0.131. The number of nitrogens with zero attached hydrogens (tertiary/aromatic N) is 2. The van der Waals surface area contributed by atoms with Crippen molar-refractivity contribution in [3.8, 4) is 0 Å². The largest absolute Gasteiger partial charge is 0.388 e. The third-order valence-corrected chi connectivity index (χ3v) is 4.90. The summed E-state index contributed by atoms with van der Waals surface area (Å²) < 4.78 is 0. The SMILES string of the molecule is CN(C)C[C@]1(O)CCCN(C(=O)CCCc2ccc(Cl)cc2)CC1. The molecule has 1 saturated heterocycles. The number of aliphatic hydroxyl groups is 1. The highest BCUT2D eigenvalue weighted by atomic mass is 35.5. The van der Waals surface area contributed by atoms with Gasteiger partial charge in [0.25, 0.3) is 0 Å². The van der Waals surface area contributed by atoms with Gasteiger partial charge >= 0.3 is 0 Å². The molecular formula is C19H29ClN2O2. The molecule has 1 aliphatic heterocycles. The lowest BCUT2D eigenvalue weighted by atomic mass is 9.94. The van der Waals surface area contributed by atoms with Crippen molar-refractivity contribution in [1.29, 1.82) is 0 Å². The van der Waals surface area contributed by atoms with Crippen LogP contribution in [-0.4, -0.2) is 60.1 Å². The second-order valence-electron chi connectivity index (χ2n) is 7.18. The fraction of sp³-hybridized carbons (Fsp3) is 0.632. The first kappa shape index (κ1) is 19.2. The topological polar surface area (TPSA) is 43.8 Å². The predicted octanol–water partition coefficient (Wildman–Crippen LogP) is 2.97. The molecule has 1 amide bonds. The summed E-state index contributed by atoms with van der Waals surface area (Å²) in [4.78, 5) is 16.4. The predicted molar refractivity (Wildman–Crippen MR) is 98.3 cm³/mol. The Morgan fingerprint density at radius 3 is 2.62 bits per heavy atom. The number of likely N-dealkylation sites (N-methyl/N-ethyl adjacent to an activating group) is 1. The zero-order valence-electron chi connectivity index (χ0n) is 14.8. The van der Waals surface area contributed by atoms with E-state index in [1.54, 1.807) is 0 Å². The zero-order chi connectivity index (χ0) is 17.6. The zero-order valence-corrected chi connectivity index (χ0v) is 15.6. The highest BCUT2D eigenvalue weighted by Crippen LogP contribution is 2.23. The second kappa shape index (κ2) is 8.84. The van der Waals surface area contributed by atoms with E-state index in [1.807, 2.05) is 48.2 Å². The molecular weight excluding hydrogens is 324 g/mol. The fourth-order valence-corrected chi connectivity index (χ4v) is 3.55. The number of benzene rings is 1. The number of carbonyl (C=O) groups excluding carboxylic acids is 1. The third kappa shape index (κ3) is 6.08. The maximum atomic E-state index is 12.4. The molecule has 5 heteroatoms. The van der Waals surface area contributed by atoms with E-state index < -0.39 is 5.60 Å². The van der Waals surface area contributed by atoms with E-state index in [0.717, 1.165) is 37.3 Å². The average molecular weight is 353 g/mol. The van der Waals surface area contributed by atoms with E-state index in [1.165, 1.54) is 5.56 Å². The number of hydrogen-bond acceptors (Lipinski definition) is 3. The summed E-state index contributed by atoms with van der Waals surface area (Å²) in [5.74, 6) is 0.207. The Morgan fingerprint density at radius 2 is 1.96 bits per heavy atom.